The second-order valence-corrected chi connectivity index (χ2v) is 7.42. The first-order valence-electron chi connectivity index (χ1n) is 7.71. The molecule has 0 saturated carbocycles. The van der Waals surface area contributed by atoms with E-state index in [-0.39, 0.29) is 12.1 Å². The molecule has 1 aromatic rings. The van der Waals surface area contributed by atoms with Crippen LogP contribution in [0.2, 0.25) is 0 Å². The van der Waals surface area contributed by atoms with Gasteiger partial charge in [0.1, 0.15) is 0 Å². The molecule has 2 rings (SSSR count). The lowest BCUT2D eigenvalue weighted by Crippen LogP contribution is -2.39. The van der Waals surface area contributed by atoms with Crippen LogP contribution in [0.5, 0.6) is 0 Å². The number of nitrogens with zero attached hydrogens (tertiary/aromatic N) is 1. The number of carbonyl (C=O) groups is 1. The normalized spacial score (nSPS) is 17.3. The summed E-state index contributed by atoms with van der Waals surface area (Å²) in [5.41, 5.74) is 0.983. The van der Waals surface area contributed by atoms with Crippen LogP contribution in [0.25, 0.3) is 0 Å². The Balaban J connectivity index is 2.01. The Kier molecular flexibility index (Phi) is 5.65. The van der Waals surface area contributed by atoms with E-state index in [0.717, 1.165) is 25.5 Å². The molecule has 1 aliphatic rings. The van der Waals surface area contributed by atoms with Crippen LogP contribution in [0, 0.1) is 0 Å². The summed E-state index contributed by atoms with van der Waals surface area (Å²) >= 11 is 0. The minimum Gasteiger partial charge on any atom is -0.314 e. The van der Waals surface area contributed by atoms with Crippen molar-refractivity contribution in [2.45, 2.75) is 32.2 Å². The number of unbranched alkanes of at least 4 members (excludes halogenated alkanes) is 1. The Morgan fingerprint density at radius 2 is 2.09 bits per heavy atom. The highest BCUT2D eigenvalue weighted by molar-refractivity contribution is 7.92. The molecule has 1 unspecified atom stereocenters. The molecular formula is C16H23N3O3S. The molecule has 1 aliphatic heterocycles. The van der Waals surface area contributed by atoms with Crippen molar-refractivity contribution < 1.29 is 13.2 Å². The van der Waals surface area contributed by atoms with Gasteiger partial charge in [0, 0.05) is 12.2 Å². The lowest BCUT2D eigenvalue weighted by molar-refractivity contribution is 0.208. The smallest absolute Gasteiger partial charge is 0.314 e. The summed E-state index contributed by atoms with van der Waals surface area (Å²) in [6.07, 6.45) is 8.28. The van der Waals surface area contributed by atoms with Crippen LogP contribution in [-0.4, -0.2) is 38.2 Å². The summed E-state index contributed by atoms with van der Waals surface area (Å²) < 4.78 is 24.9. The molecule has 0 aliphatic carbocycles. The number of nitrogens with one attached hydrogen (secondary N) is 2. The summed E-state index contributed by atoms with van der Waals surface area (Å²) in [4.78, 5) is 14.2. The van der Waals surface area contributed by atoms with Gasteiger partial charge in [0.25, 0.3) is 0 Å². The van der Waals surface area contributed by atoms with Crippen molar-refractivity contribution in [2.24, 2.45) is 0 Å². The third-order valence-electron chi connectivity index (χ3n) is 3.59. The Morgan fingerprint density at radius 1 is 1.35 bits per heavy atom. The Morgan fingerprint density at radius 3 is 2.78 bits per heavy atom. The SMILES string of the molecule is CCCCC1C=CCN1C(=O)Nc1cccc(NS(C)(=O)=O)c1. The number of hydrogen-bond acceptors (Lipinski definition) is 3. The van der Waals surface area contributed by atoms with Crippen LogP contribution in [0.15, 0.2) is 36.4 Å². The number of anilines is 2. The molecule has 2 N–H and O–H groups in total. The molecule has 1 heterocycles. The predicted octanol–water partition coefficient (Wildman–Crippen LogP) is 3.02. The van der Waals surface area contributed by atoms with Crippen LogP contribution in [0.1, 0.15) is 26.2 Å². The van der Waals surface area contributed by atoms with E-state index in [9.17, 15) is 13.2 Å². The van der Waals surface area contributed by atoms with Crippen molar-refractivity contribution in [2.75, 3.05) is 22.8 Å². The monoisotopic (exact) mass is 337 g/mol. The van der Waals surface area contributed by atoms with Gasteiger partial charge in [-0.15, -0.1) is 0 Å². The lowest BCUT2D eigenvalue weighted by atomic mass is 10.1. The average molecular weight is 337 g/mol. The summed E-state index contributed by atoms with van der Waals surface area (Å²) in [6.45, 7) is 2.73. The van der Waals surface area contributed by atoms with Gasteiger partial charge in [-0.25, -0.2) is 13.2 Å². The topological polar surface area (TPSA) is 78.5 Å². The fourth-order valence-electron chi connectivity index (χ4n) is 2.54. The highest BCUT2D eigenvalue weighted by Gasteiger charge is 2.24. The molecule has 0 saturated heterocycles. The maximum Gasteiger partial charge on any atom is 0.322 e. The number of hydrogen-bond donors (Lipinski definition) is 2. The third kappa shape index (κ3) is 5.28. The minimum absolute atomic E-state index is 0.132. The number of amides is 2. The van der Waals surface area contributed by atoms with Crippen LogP contribution in [0.3, 0.4) is 0 Å². The molecule has 0 radical (unpaired) electrons. The summed E-state index contributed by atoms with van der Waals surface area (Å²) in [7, 11) is -3.34. The van der Waals surface area contributed by atoms with E-state index in [1.165, 1.54) is 0 Å². The molecule has 1 atom stereocenters. The lowest BCUT2D eigenvalue weighted by Gasteiger charge is -2.25. The largest absolute Gasteiger partial charge is 0.322 e. The van der Waals surface area contributed by atoms with E-state index >= 15 is 0 Å². The van der Waals surface area contributed by atoms with E-state index in [4.69, 9.17) is 0 Å². The summed E-state index contributed by atoms with van der Waals surface area (Å²) in [6, 6.07) is 6.62. The van der Waals surface area contributed by atoms with Gasteiger partial charge in [0.2, 0.25) is 10.0 Å². The van der Waals surface area contributed by atoms with E-state index in [1.54, 1.807) is 29.2 Å². The van der Waals surface area contributed by atoms with E-state index in [2.05, 4.69) is 23.0 Å². The molecule has 0 aromatic heterocycles. The zero-order chi connectivity index (χ0) is 16.9. The van der Waals surface area contributed by atoms with Gasteiger partial charge in [-0.2, -0.15) is 0 Å². The molecule has 7 heteroatoms. The van der Waals surface area contributed by atoms with Crippen LogP contribution >= 0.6 is 0 Å². The maximum atomic E-state index is 12.4. The first kappa shape index (κ1) is 17.3. The summed E-state index contributed by atoms with van der Waals surface area (Å²) in [5.74, 6) is 0. The van der Waals surface area contributed by atoms with Gasteiger partial charge < -0.3 is 10.2 Å². The zero-order valence-corrected chi connectivity index (χ0v) is 14.3. The van der Waals surface area contributed by atoms with Gasteiger partial charge in [0.05, 0.1) is 18.0 Å². The predicted molar refractivity (Wildman–Crippen MR) is 93.1 cm³/mol. The molecule has 0 fully saturated rings. The summed E-state index contributed by atoms with van der Waals surface area (Å²) in [5, 5.41) is 2.83. The average Bonchev–Trinajstić information content (AvgIpc) is 2.92. The first-order chi connectivity index (χ1) is 10.9. The molecule has 0 bridgehead atoms. The molecule has 126 valence electrons. The molecule has 2 amide bonds. The molecular weight excluding hydrogens is 314 g/mol. The highest BCUT2D eigenvalue weighted by atomic mass is 32.2. The minimum atomic E-state index is -3.34. The Hall–Kier alpha value is -2.02. The van der Waals surface area contributed by atoms with E-state index in [0.29, 0.717) is 17.9 Å². The second-order valence-electron chi connectivity index (χ2n) is 5.68. The number of sulfonamides is 1. The Bertz CT molecular complexity index is 686. The quantitative estimate of drug-likeness (QED) is 0.783. The number of urea groups is 1. The van der Waals surface area contributed by atoms with Crippen molar-refractivity contribution in [1.82, 2.24) is 4.90 Å². The van der Waals surface area contributed by atoms with Gasteiger partial charge in [-0.1, -0.05) is 38.0 Å². The molecule has 23 heavy (non-hydrogen) atoms. The highest BCUT2D eigenvalue weighted by Crippen LogP contribution is 2.20. The number of rotatable bonds is 6. The fourth-order valence-corrected chi connectivity index (χ4v) is 3.09. The van der Waals surface area contributed by atoms with Crippen LogP contribution < -0.4 is 10.0 Å². The Labute approximate surface area is 137 Å². The van der Waals surface area contributed by atoms with Gasteiger partial charge >= 0.3 is 6.03 Å². The number of benzene rings is 1. The van der Waals surface area contributed by atoms with Crippen molar-refractivity contribution >= 4 is 27.4 Å². The first-order valence-corrected chi connectivity index (χ1v) is 9.60. The van der Waals surface area contributed by atoms with E-state index < -0.39 is 10.0 Å². The zero-order valence-electron chi connectivity index (χ0n) is 13.5. The van der Waals surface area contributed by atoms with Crippen LogP contribution in [0.4, 0.5) is 16.2 Å². The molecule has 0 spiro atoms. The van der Waals surface area contributed by atoms with Gasteiger partial charge in [0.15, 0.2) is 0 Å². The van der Waals surface area contributed by atoms with Gasteiger partial charge in [-0.3, -0.25) is 4.72 Å². The molecule has 1 aromatic carbocycles. The number of carbonyl (C=O) groups excluding carboxylic acids is 1. The van der Waals surface area contributed by atoms with Crippen molar-refractivity contribution in [3.63, 3.8) is 0 Å². The van der Waals surface area contributed by atoms with Crippen LogP contribution in [-0.2, 0) is 10.0 Å². The van der Waals surface area contributed by atoms with E-state index in [1.807, 2.05) is 6.08 Å². The second kappa shape index (κ2) is 7.50. The standard InChI is InChI=1S/C16H23N3O3S/c1-3-4-9-15-10-6-11-19(15)16(20)17-13-7-5-8-14(12-13)18-23(2,21)22/h5-8,10,12,15,18H,3-4,9,11H2,1-2H3,(H,17,20). The van der Waals surface area contributed by atoms with Gasteiger partial charge in [-0.05, 0) is 24.6 Å². The molecule has 6 nitrogen and oxygen atoms in total. The fraction of sp³-hybridized carbons (Fsp3) is 0.438. The third-order valence-corrected chi connectivity index (χ3v) is 4.20. The van der Waals surface area contributed by atoms with Crippen molar-refractivity contribution in [1.29, 1.82) is 0 Å². The van der Waals surface area contributed by atoms with Crippen molar-refractivity contribution in [3.8, 4) is 0 Å². The van der Waals surface area contributed by atoms with Crippen molar-refractivity contribution in [3.05, 3.63) is 36.4 Å². The maximum absolute atomic E-state index is 12.4.